The molecule has 0 aliphatic heterocycles. The Balaban J connectivity index is 0.000000444. The van der Waals surface area contributed by atoms with Gasteiger partial charge in [0.1, 0.15) is 6.29 Å². The number of nitrogens with zero attached hydrogens (tertiary/aromatic N) is 1. The summed E-state index contributed by atoms with van der Waals surface area (Å²) in [5.41, 5.74) is 3.27. The van der Waals surface area contributed by atoms with E-state index in [-0.39, 0.29) is 0 Å². The van der Waals surface area contributed by atoms with Crippen molar-refractivity contribution >= 4 is 6.29 Å². The normalized spacial score (nSPS) is 9.35. The van der Waals surface area contributed by atoms with Crippen molar-refractivity contribution in [2.24, 2.45) is 0 Å². The maximum Gasteiger partial charge on any atom is 0.379 e. The highest BCUT2D eigenvalue weighted by Crippen LogP contribution is 2.20. The lowest BCUT2D eigenvalue weighted by molar-refractivity contribution is 0.00819. The third-order valence-electron chi connectivity index (χ3n) is 2.37. The molecule has 0 bridgehead atoms. The highest BCUT2D eigenvalue weighted by Gasteiger charge is 1.98. The summed E-state index contributed by atoms with van der Waals surface area (Å²) in [5.74, 6) is 0. The first kappa shape index (κ1) is 15.4. The van der Waals surface area contributed by atoms with Crippen molar-refractivity contribution in [3.63, 3.8) is 0 Å². The van der Waals surface area contributed by atoms with Crippen LogP contribution in [0.5, 0.6) is 0 Å². The molecule has 0 heterocycles. The van der Waals surface area contributed by atoms with Crippen molar-refractivity contribution < 1.29 is 18.0 Å². The van der Waals surface area contributed by atoms with E-state index < -0.39 is 6.68 Å². The third-order valence-corrected chi connectivity index (χ3v) is 2.37. The van der Waals surface area contributed by atoms with Gasteiger partial charge in [0.25, 0.3) is 0 Å². The van der Waals surface area contributed by atoms with Gasteiger partial charge in [0.05, 0.1) is 11.6 Å². The van der Waals surface area contributed by atoms with Crippen molar-refractivity contribution in [1.29, 1.82) is 5.26 Å². The summed E-state index contributed by atoms with van der Waals surface area (Å²) in [6, 6.07) is 16.7. The predicted molar refractivity (Wildman–Crippen MR) is 69.1 cm³/mol. The van der Waals surface area contributed by atoms with E-state index in [0.717, 1.165) is 17.4 Å². The number of hydrogen-bond donors (Lipinski definition) is 0. The third kappa shape index (κ3) is 4.94. The summed E-state index contributed by atoms with van der Waals surface area (Å²) in [5, 5.41) is 8.68. The first-order valence-electron chi connectivity index (χ1n) is 5.55. The Morgan fingerprint density at radius 2 is 1.60 bits per heavy atom. The lowest BCUT2D eigenvalue weighted by Crippen LogP contribution is -1.82. The van der Waals surface area contributed by atoms with Crippen molar-refractivity contribution in [1.82, 2.24) is 0 Å². The number of aldehydes is 1. The van der Waals surface area contributed by atoms with Crippen LogP contribution in [0.4, 0.5) is 13.2 Å². The minimum Gasteiger partial charge on any atom is -0.298 e. The van der Waals surface area contributed by atoms with E-state index in [1.165, 1.54) is 0 Å². The van der Waals surface area contributed by atoms with Crippen molar-refractivity contribution in [2.75, 3.05) is 0 Å². The molecular formula is C15H10F3NO. The van der Waals surface area contributed by atoms with E-state index in [9.17, 15) is 18.0 Å². The number of alkyl halides is 3. The van der Waals surface area contributed by atoms with Gasteiger partial charge in [0.15, 0.2) is 0 Å². The summed E-state index contributed by atoms with van der Waals surface area (Å²) in [6.45, 7) is -3.67. The predicted octanol–water partition coefficient (Wildman–Crippen LogP) is 4.22. The van der Waals surface area contributed by atoms with Gasteiger partial charge in [-0.25, -0.2) is 0 Å². The minimum atomic E-state index is -3.67. The summed E-state index contributed by atoms with van der Waals surface area (Å²) >= 11 is 0. The quantitative estimate of drug-likeness (QED) is 0.771. The summed E-state index contributed by atoms with van der Waals surface area (Å²) in [7, 11) is 0. The van der Waals surface area contributed by atoms with Gasteiger partial charge < -0.3 is 0 Å². The molecule has 0 unspecified atom stereocenters. The van der Waals surface area contributed by atoms with Crippen LogP contribution < -0.4 is 0 Å². The average molecular weight is 277 g/mol. The molecule has 2 aromatic carbocycles. The van der Waals surface area contributed by atoms with Gasteiger partial charge in [-0.1, -0.05) is 30.3 Å². The van der Waals surface area contributed by atoms with Crippen molar-refractivity contribution in [3.8, 4) is 17.2 Å². The second-order valence-corrected chi connectivity index (χ2v) is 3.68. The molecule has 0 spiro atoms. The van der Waals surface area contributed by atoms with E-state index in [2.05, 4.69) is 6.07 Å². The topological polar surface area (TPSA) is 40.9 Å². The molecule has 0 aliphatic rings. The lowest BCUT2D eigenvalue weighted by Gasteiger charge is -2.02. The van der Waals surface area contributed by atoms with E-state index in [0.29, 0.717) is 11.1 Å². The second-order valence-electron chi connectivity index (χ2n) is 3.68. The van der Waals surface area contributed by atoms with Gasteiger partial charge in [-0.2, -0.15) is 18.4 Å². The molecule has 0 radical (unpaired) electrons. The molecule has 2 nitrogen and oxygen atoms in total. The largest absolute Gasteiger partial charge is 0.379 e. The Labute approximate surface area is 114 Å². The number of halogens is 3. The number of carbonyl (C=O) groups is 1. The fourth-order valence-electron chi connectivity index (χ4n) is 1.53. The van der Waals surface area contributed by atoms with E-state index in [1.54, 1.807) is 18.2 Å². The molecule has 102 valence electrons. The minimum absolute atomic E-state index is 0.635. The highest BCUT2D eigenvalue weighted by atomic mass is 19.4. The second kappa shape index (κ2) is 7.74. The molecule has 2 aromatic rings. The standard InChI is InChI=1S/C14H9NO.CHF3/c15-9-11-4-6-13(7-5-11)14-3-1-2-12(8-14)10-16;2-1(3)4/h1-8,10H;1H. The van der Waals surface area contributed by atoms with Crippen LogP contribution in [0.3, 0.4) is 0 Å². The van der Waals surface area contributed by atoms with Crippen LogP contribution in [0.15, 0.2) is 48.5 Å². The fourth-order valence-corrected chi connectivity index (χ4v) is 1.53. The van der Waals surface area contributed by atoms with E-state index in [4.69, 9.17) is 5.26 Å². The van der Waals surface area contributed by atoms with Gasteiger partial charge >= 0.3 is 6.68 Å². The molecule has 20 heavy (non-hydrogen) atoms. The Morgan fingerprint density at radius 1 is 1.00 bits per heavy atom. The molecular weight excluding hydrogens is 267 g/mol. The number of carbonyl (C=O) groups excluding carboxylic acids is 1. The Hall–Kier alpha value is -2.61. The van der Waals surface area contributed by atoms with Crippen LogP contribution in [0, 0.1) is 11.3 Å². The van der Waals surface area contributed by atoms with Crippen molar-refractivity contribution in [3.05, 3.63) is 59.7 Å². The average Bonchev–Trinajstić information content (AvgIpc) is 2.47. The van der Waals surface area contributed by atoms with Gasteiger partial charge in [0.2, 0.25) is 0 Å². The van der Waals surface area contributed by atoms with Gasteiger partial charge in [-0.3, -0.25) is 4.79 Å². The van der Waals surface area contributed by atoms with Crippen LogP contribution in [0.2, 0.25) is 0 Å². The van der Waals surface area contributed by atoms with Gasteiger partial charge in [-0.15, -0.1) is 0 Å². The number of nitriles is 1. The monoisotopic (exact) mass is 277 g/mol. The smallest absolute Gasteiger partial charge is 0.298 e. The van der Waals surface area contributed by atoms with Gasteiger partial charge in [0, 0.05) is 5.56 Å². The summed E-state index contributed by atoms with van der Waals surface area (Å²) in [6.07, 6.45) is 0.827. The zero-order valence-electron chi connectivity index (χ0n) is 10.3. The molecule has 0 fully saturated rings. The Bertz CT molecular complexity index is 601. The highest BCUT2D eigenvalue weighted by molar-refractivity contribution is 5.78. The molecule has 5 heteroatoms. The molecule has 0 saturated heterocycles. The molecule has 0 amide bonds. The fraction of sp³-hybridized carbons (Fsp3) is 0.0667. The summed E-state index contributed by atoms with van der Waals surface area (Å²) in [4.78, 5) is 10.6. The van der Waals surface area contributed by atoms with Crippen LogP contribution in [-0.2, 0) is 0 Å². The zero-order chi connectivity index (χ0) is 15.0. The molecule has 0 aromatic heterocycles. The summed E-state index contributed by atoms with van der Waals surface area (Å²) < 4.78 is 29.0. The molecule has 0 saturated carbocycles. The number of hydrogen-bond acceptors (Lipinski definition) is 2. The van der Waals surface area contributed by atoms with Crippen LogP contribution >= 0.6 is 0 Å². The first-order chi connectivity index (χ1) is 9.56. The van der Waals surface area contributed by atoms with Crippen LogP contribution in [0.25, 0.3) is 11.1 Å². The maximum atomic E-state index is 10.6. The Morgan fingerprint density at radius 3 is 2.10 bits per heavy atom. The molecule has 0 N–H and O–H groups in total. The Kier molecular flexibility index (Phi) is 5.98. The molecule has 0 atom stereocenters. The van der Waals surface area contributed by atoms with Crippen LogP contribution in [0.1, 0.15) is 15.9 Å². The number of rotatable bonds is 2. The number of benzene rings is 2. The molecule has 2 rings (SSSR count). The zero-order valence-corrected chi connectivity index (χ0v) is 10.3. The van der Waals surface area contributed by atoms with E-state index >= 15 is 0 Å². The lowest BCUT2D eigenvalue weighted by atomic mass is 10.0. The maximum absolute atomic E-state index is 10.6. The van der Waals surface area contributed by atoms with Crippen LogP contribution in [-0.4, -0.2) is 13.0 Å². The van der Waals surface area contributed by atoms with Gasteiger partial charge in [-0.05, 0) is 29.3 Å². The SMILES string of the molecule is FC(F)F.N#Cc1ccc(-c2cccc(C=O)c2)cc1. The first-order valence-corrected chi connectivity index (χ1v) is 5.55. The van der Waals surface area contributed by atoms with Crippen molar-refractivity contribution in [2.45, 2.75) is 6.68 Å². The molecule has 0 aliphatic carbocycles. The van der Waals surface area contributed by atoms with E-state index in [1.807, 2.05) is 30.3 Å².